The van der Waals surface area contributed by atoms with Gasteiger partial charge in [0, 0.05) is 23.4 Å². The normalized spacial score (nSPS) is 19.3. The van der Waals surface area contributed by atoms with Gasteiger partial charge in [0.15, 0.2) is 4.87 Å². The molecule has 168 valence electrons. The SMILES string of the molecule is COc1ccc2c(c1)C1(SCCN1C(=O)c1ccc(F)cc1)C(=O)N2Cc1ccc(C)cc1. The minimum absolute atomic E-state index is 0.149. The molecular formula is C26H23FN2O3S. The van der Waals surface area contributed by atoms with E-state index < -0.39 is 10.7 Å². The van der Waals surface area contributed by atoms with Crippen LogP contribution < -0.4 is 9.64 Å². The van der Waals surface area contributed by atoms with E-state index in [-0.39, 0.29) is 11.8 Å². The van der Waals surface area contributed by atoms with Gasteiger partial charge in [-0.2, -0.15) is 0 Å². The van der Waals surface area contributed by atoms with Crippen molar-refractivity contribution < 1.29 is 18.7 Å². The Labute approximate surface area is 196 Å². The highest BCUT2D eigenvalue weighted by atomic mass is 32.2. The van der Waals surface area contributed by atoms with Crippen molar-refractivity contribution in [2.24, 2.45) is 0 Å². The Balaban J connectivity index is 1.60. The second-order valence-electron chi connectivity index (χ2n) is 8.22. The fraction of sp³-hybridized carbons (Fsp3) is 0.231. The van der Waals surface area contributed by atoms with Crippen molar-refractivity contribution in [3.63, 3.8) is 0 Å². The molecule has 5 rings (SSSR count). The molecule has 1 saturated heterocycles. The van der Waals surface area contributed by atoms with Crippen LogP contribution in [0.5, 0.6) is 5.75 Å². The fourth-order valence-electron chi connectivity index (χ4n) is 4.50. The summed E-state index contributed by atoms with van der Waals surface area (Å²) in [5, 5.41) is 0. The van der Waals surface area contributed by atoms with Crippen LogP contribution in [0.3, 0.4) is 0 Å². The lowest BCUT2D eigenvalue weighted by Gasteiger charge is -2.33. The monoisotopic (exact) mass is 462 g/mol. The van der Waals surface area contributed by atoms with E-state index in [9.17, 15) is 14.0 Å². The van der Waals surface area contributed by atoms with Gasteiger partial charge in [-0.3, -0.25) is 9.59 Å². The van der Waals surface area contributed by atoms with Crippen molar-refractivity contribution in [3.05, 3.63) is 94.8 Å². The number of rotatable bonds is 4. The van der Waals surface area contributed by atoms with Gasteiger partial charge in [0.05, 0.1) is 19.3 Å². The number of thioether (sulfide) groups is 1. The van der Waals surface area contributed by atoms with Crippen LogP contribution in [0.15, 0.2) is 66.7 Å². The third-order valence-corrected chi connectivity index (χ3v) is 7.62. The lowest BCUT2D eigenvalue weighted by Crippen LogP contribution is -2.50. The third kappa shape index (κ3) is 3.47. The number of carbonyl (C=O) groups is 2. The molecule has 2 aliphatic heterocycles. The summed E-state index contributed by atoms with van der Waals surface area (Å²) in [7, 11) is 1.58. The Bertz CT molecular complexity index is 1230. The number of carbonyl (C=O) groups excluding carboxylic acids is 2. The number of ether oxygens (including phenoxy) is 1. The number of methoxy groups -OCH3 is 1. The Morgan fingerprint density at radius 2 is 1.82 bits per heavy atom. The maximum Gasteiger partial charge on any atom is 0.268 e. The van der Waals surface area contributed by atoms with Crippen molar-refractivity contribution in [2.45, 2.75) is 18.3 Å². The van der Waals surface area contributed by atoms with E-state index in [2.05, 4.69) is 0 Å². The Hall–Kier alpha value is -3.32. The number of hydrogen-bond donors (Lipinski definition) is 0. The predicted octanol–water partition coefficient (Wildman–Crippen LogP) is 4.73. The van der Waals surface area contributed by atoms with E-state index in [1.807, 2.05) is 49.4 Å². The van der Waals surface area contributed by atoms with Gasteiger partial charge in [-0.1, -0.05) is 29.8 Å². The van der Waals surface area contributed by atoms with E-state index in [1.165, 1.54) is 36.0 Å². The number of fused-ring (bicyclic) bond motifs is 2. The molecule has 0 bridgehead atoms. The molecule has 1 atom stereocenters. The Morgan fingerprint density at radius 1 is 1.09 bits per heavy atom. The predicted molar refractivity (Wildman–Crippen MR) is 127 cm³/mol. The van der Waals surface area contributed by atoms with Gasteiger partial charge >= 0.3 is 0 Å². The summed E-state index contributed by atoms with van der Waals surface area (Å²) in [5.74, 6) is 0.394. The van der Waals surface area contributed by atoms with Gasteiger partial charge in [0.2, 0.25) is 0 Å². The van der Waals surface area contributed by atoms with Crippen LogP contribution in [-0.4, -0.2) is 36.1 Å². The van der Waals surface area contributed by atoms with Crippen LogP contribution in [0.4, 0.5) is 10.1 Å². The fourth-order valence-corrected chi connectivity index (χ4v) is 5.95. The van der Waals surface area contributed by atoms with Crippen LogP contribution in [-0.2, 0) is 16.2 Å². The first-order valence-electron chi connectivity index (χ1n) is 10.7. The Kier molecular flexibility index (Phi) is 5.37. The maximum atomic E-state index is 14.1. The molecule has 0 N–H and O–H groups in total. The molecule has 3 aromatic carbocycles. The van der Waals surface area contributed by atoms with Crippen LogP contribution in [0.1, 0.15) is 27.0 Å². The first-order valence-corrected chi connectivity index (χ1v) is 11.7. The van der Waals surface area contributed by atoms with Gasteiger partial charge < -0.3 is 14.5 Å². The van der Waals surface area contributed by atoms with E-state index in [1.54, 1.807) is 16.9 Å². The first-order chi connectivity index (χ1) is 15.9. The van der Waals surface area contributed by atoms with Gasteiger partial charge in [0.1, 0.15) is 11.6 Å². The molecule has 1 fully saturated rings. The second kappa shape index (κ2) is 8.23. The molecule has 1 spiro atoms. The zero-order chi connectivity index (χ0) is 23.2. The van der Waals surface area contributed by atoms with Crippen molar-refractivity contribution in [3.8, 4) is 5.75 Å². The smallest absolute Gasteiger partial charge is 0.268 e. The van der Waals surface area contributed by atoms with Crippen molar-refractivity contribution in [1.82, 2.24) is 4.90 Å². The number of benzene rings is 3. The van der Waals surface area contributed by atoms with E-state index in [0.717, 1.165) is 22.4 Å². The molecule has 3 aromatic rings. The van der Waals surface area contributed by atoms with Gasteiger partial charge in [-0.05, 0) is 55.0 Å². The minimum Gasteiger partial charge on any atom is -0.497 e. The number of aryl methyl sites for hydroxylation is 1. The number of halogens is 1. The summed E-state index contributed by atoms with van der Waals surface area (Å²) in [6.07, 6.45) is 0. The second-order valence-corrected chi connectivity index (χ2v) is 9.50. The Morgan fingerprint density at radius 3 is 2.52 bits per heavy atom. The molecule has 33 heavy (non-hydrogen) atoms. The molecule has 0 aliphatic carbocycles. The molecule has 7 heteroatoms. The largest absolute Gasteiger partial charge is 0.497 e. The highest BCUT2D eigenvalue weighted by molar-refractivity contribution is 8.01. The van der Waals surface area contributed by atoms with Crippen molar-refractivity contribution >= 4 is 29.3 Å². The van der Waals surface area contributed by atoms with Crippen molar-refractivity contribution in [1.29, 1.82) is 0 Å². The van der Waals surface area contributed by atoms with E-state index >= 15 is 0 Å². The quantitative estimate of drug-likeness (QED) is 0.563. The third-order valence-electron chi connectivity index (χ3n) is 6.20. The van der Waals surface area contributed by atoms with Gasteiger partial charge in [-0.15, -0.1) is 11.8 Å². The lowest BCUT2D eigenvalue weighted by atomic mass is 10.0. The average molecular weight is 463 g/mol. The van der Waals surface area contributed by atoms with Crippen LogP contribution >= 0.6 is 11.8 Å². The highest BCUT2D eigenvalue weighted by Crippen LogP contribution is 2.55. The molecule has 2 heterocycles. The summed E-state index contributed by atoms with van der Waals surface area (Å²) in [6.45, 7) is 2.84. The van der Waals surface area contributed by atoms with E-state index in [4.69, 9.17) is 4.74 Å². The van der Waals surface area contributed by atoms with Crippen LogP contribution in [0.2, 0.25) is 0 Å². The standard InChI is InChI=1S/C26H23FN2O3S/c1-17-3-5-18(6-4-17)16-28-23-12-11-21(32-2)15-22(23)26(25(28)31)29(13-14-33-26)24(30)19-7-9-20(27)10-8-19/h3-12,15H,13-14,16H2,1-2H3. The molecule has 0 radical (unpaired) electrons. The van der Waals surface area contributed by atoms with Gasteiger partial charge in [-0.25, -0.2) is 4.39 Å². The summed E-state index contributed by atoms with van der Waals surface area (Å²) in [5.41, 5.74) is 4.03. The minimum atomic E-state index is -1.18. The summed E-state index contributed by atoms with van der Waals surface area (Å²) >= 11 is 1.46. The van der Waals surface area contributed by atoms with Gasteiger partial charge in [0.25, 0.3) is 11.8 Å². The summed E-state index contributed by atoms with van der Waals surface area (Å²) in [4.78, 5) is 29.8. The molecule has 0 saturated carbocycles. The molecule has 5 nitrogen and oxygen atoms in total. The lowest BCUT2D eigenvalue weighted by molar-refractivity contribution is -0.123. The highest BCUT2D eigenvalue weighted by Gasteiger charge is 2.59. The number of anilines is 1. The molecule has 1 unspecified atom stereocenters. The summed E-state index contributed by atoms with van der Waals surface area (Å²) in [6, 6.07) is 19.1. The van der Waals surface area contributed by atoms with Crippen molar-refractivity contribution in [2.75, 3.05) is 24.3 Å². The average Bonchev–Trinajstić information content (AvgIpc) is 3.37. The topological polar surface area (TPSA) is 49.9 Å². The molecule has 2 aliphatic rings. The number of nitrogens with zero attached hydrogens (tertiary/aromatic N) is 2. The zero-order valence-electron chi connectivity index (χ0n) is 18.4. The molecular weight excluding hydrogens is 439 g/mol. The summed E-state index contributed by atoms with van der Waals surface area (Å²) < 4.78 is 18.9. The number of amides is 2. The van der Waals surface area contributed by atoms with Crippen LogP contribution in [0, 0.1) is 12.7 Å². The zero-order valence-corrected chi connectivity index (χ0v) is 19.2. The van der Waals surface area contributed by atoms with Crippen LogP contribution in [0.25, 0.3) is 0 Å². The van der Waals surface area contributed by atoms with E-state index in [0.29, 0.717) is 30.2 Å². The molecule has 0 aromatic heterocycles. The number of hydrogen-bond acceptors (Lipinski definition) is 4. The first kappa shape index (κ1) is 21.5. The molecule has 2 amide bonds. The maximum absolute atomic E-state index is 14.1.